The second-order valence-electron chi connectivity index (χ2n) is 4.27. The Balaban J connectivity index is 2.09. The Morgan fingerprint density at radius 2 is 2.16 bits per heavy atom. The first-order valence-electron chi connectivity index (χ1n) is 5.76. The lowest BCUT2D eigenvalue weighted by molar-refractivity contribution is -0.380. The Kier molecular flexibility index (Phi) is 3.79. The van der Waals surface area contributed by atoms with Crippen LogP contribution in [0.1, 0.15) is 28.9 Å². The van der Waals surface area contributed by atoms with Crippen molar-refractivity contribution in [3.8, 4) is 0 Å². The van der Waals surface area contributed by atoms with E-state index in [0.29, 0.717) is 0 Å². The molecule has 7 nitrogen and oxygen atoms in total. The summed E-state index contributed by atoms with van der Waals surface area (Å²) < 4.78 is 0. The second-order valence-corrected chi connectivity index (χ2v) is 5.33. The van der Waals surface area contributed by atoms with E-state index in [1.165, 1.54) is 17.0 Å². The molecule has 1 fully saturated rings. The zero-order chi connectivity index (χ0) is 14.0. The molecule has 1 N–H and O–H groups in total. The molecule has 0 saturated heterocycles. The van der Waals surface area contributed by atoms with E-state index in [1.54, 1.807) is 0 Å². The van der Waals surface area contributed by atoms with E-state index in [2.05, 4.69) is 0 Å². The molecule has 19 heavy (non-hydrogen) atoms. The van der Waals surface area contributed by atoms with Crippen molar-refractivity contribution in [1.29, 1.82) is 0 Å². The first-order chi connectivity index (χ1) is 8.99. The lowest BCUT2D eigenvalue weighted by Gasteiger charge is -2.20. The molecular formula is C11H12N2O5S. The first kappa shape index (κ1) is 13.5. The molecule has 0 spiro atoms. The number of carbonyl (C=O) groups excluding carboxylic acids is 1. The molecule has 1 amide bonds. The number of rotatable bonds is 6. The Bertz CT molecular complexity index is 523. The van der Waals surface area contributed by atoms with Gasteiger partial charge in [0.05, 0.1) is 16.2 Å². The van der Waals surface area contributed by atoms with Gasteiger partial charge in [-0.15, -0.1) is 0 Å². The average molecular weight is 284 g/mol. The quantitative estimate of drug-likeness (QED) is 0.633. The van der Waals surface area contributed by atoms with Crippen molar-refractivity contribution in [3.63, 3.8) is 0 Å². The second kappa shape index (κ2) is 5.35. The van der Waals surface area contributed by atoms with Crippen LogP contribution in [0.2, 0.25) is 0 Å². The normalized spacial score (nSPS) is 14.1. The Morgan fingerprint density at radius 1 is 1.47 bits per heavy atom. The smallest absolute Gasteiger partial charge is 0.324 e. The van der Waals surface area contributed by atoms with Gasteiger partial charge in [-0.1, -0.05) is 11.3 Å². The molecule has 1 aromatic heterocycles. The number of nitro groups is 1. The summed E-state index contributed by atoms with van der Waals surface area (Å²) in [4.78, 5) is 34.6. The molecule has 1 saturated carbocycles. The van der Waals surface area contributed by atoms with Crippen LogP contribution in [0.3, 0.4) is 0 Å². The zero-order valence-corrected chi connectivity index (χ0v) is 10.8. The van der Waals surface area contributed by atoms with Crippen LogP contribution in [-0.2, 0) is 4.79 Å². The number of carbonyl (C=O) groups is 2. The summed E-state index contributed by atoms with van der Waals surface area (Å²) in [6, 6.07) is 2.79. The molecule has 1 aromatic rings. The molecule has 1 aliphatic carbocycles. The maximum absolute atomic E-state index is 12.2. The monoisotopic (exact) mass is 284 g/mol. The van der Waals surface area contributed by atoms with Gasteiger partial charge in [0, 0.05) is 18.7 Å². The molecule has 0 atom stereocenters. The largest absolute Gasteiger partial charge is 0.481 e. The van der Waals surface area contributed by atoms with Crippen LogP contribution >= 0.6 is 11.3 Å². The van der Waals surface area contributed by atoms with Crippen molar-refractivity contribution >= 4 is 28.2 Å². The third kappa shape index (κ3) is 3.28. The fourth-order valence-corrected chi connectivity index (χ4v) is 2.51. The van der Waals surface area contributed by atoms with Crippen LogP contribution in [0.4, 0.5) is 5.00 Å². The van der Waals surface area contributed by atoms with Crippen LogP contribution in [0, 0.1) is 10.1 Å². The van der Waals surface area contributed by atoms with Gasteiger partial charge in [0.25, 0.3) is 5.91 Å². The predicted octanol–water partition coefficient (Wildman–Crippen LogP) is 1.74. The van der Waals surface area contributed by atoms with E-state index < -0.39 is 10.9 Å². The predicted molar refractivity (Wildman–Crippen MR) is 67.3 cm³/mol. The maximum atomic E-state index is 12.2. The van der Waals surface area contributed by atoms with Crippen molar-refractivity contribution in [2.45, 2.75) is 25.3 Å². The van der Waals surface area contributed by atoms with E-state index in [9.17, 15) is 19.7 Å². The molecular weight excluding hydrogens is 272 g/mol. The average Bonchev–Trinajstić information content (AvgIpc) is 3.05. The summed E-state index contributed by atoms with van der Waals surface area (Å²) in [6.07, 6.45) is 1.60. The highest BCUT2D eigenvalue weighted by molar-refractivity contribution is 7.17. The summed E-state index contributed by atoms with van der Waals surface area (Å²) in [7, 11) is 0. The molecule has 0 bridgehead atoms. The highest BCUT2D eigenvalue weighted by atomic mass is 32.1. The summed E-state index contributed by atoms with van der Waals surface area (Å²) in [6.45, 7) is 0.143. The SMILES string of the molecule is O=C(O)CCN(C(=O)c1ccc([N+](=O)[O-])s1)C1CC1. The third-order valence-corrected chi connectivity index (χ3v) is 3.82. The summed E-state index contributed by atoms with van der Waals surface area (Å²) >= 11 is 0.819. The molecule has 0 radical (unpaired) electrons. The van der Waals surface area contributed by atoms with E-state index in [4.69, 9.17) is 5.11 Å². The lowest BCUT2D eigenvalue weighted by atomic mass is 10.3. The van der Waals surface area contributed by atoms with Crippen LogP contribution < -0.4 is 0 Å². The molecule has 2 rings (SSSR count). The number of hydrogen-bond donors (Lipinski definition) is 1. The van der Waals surface area contributed by atoms with Crippen molar-refractivity contribution in [3.05, 3.63) is 27.1 Å². The van der Waals surface area contributed by atoms with Gasteiger partial charge in [-0.3, -0.25) is 19.7 Å². The highest BCUT2D eigenvalue weighted by Crippen LogP contribution is 2.31. The zero-order valence-electron chi connectivity index (χ0n) is 9.94. The molecule has 0 aromatic carbocycles. The van der Waals surface area contributed by atoms with Gasteiger partial charge in [-0.2, -0.15) is 0 Å². The van der Waals surface area contributed by atoms with Crippen molar-refractivity contribution in [2.75, 3.05) is 6.54 Å². The van der Waals surface area contributed by atoms with Crippen LogP contribution in [0.15, 0.2) is 12.1 Å². The van der Waals surface area contributed by atoms with Gasteiger partial charge in [0.15, 0.2) is 0 Å². The molecule has 1 aliphatic rings. The standard InChI is InChI=1S/C11H12N2O5S/c14-10(15)5-6-12(7-1-2-7)11(16)8-3-4-9(19-8)13(17)18/h3-4,7H,1-2,5-6H2,(H,14,15). The van der Waals surface area contributed by atoms with Gasteiger partial charge < -0.3 is 10.0 Å². The minimum absolute atomic E-state index is 0.0769. The van der Waals surface area contributed by atoms with E-state index in [1.807, 2.05) is 0 Å². The molecule has 8 heteroatoms. The number of carboxylic acid groups (broad SMARTS) is 1. The lowest BCUT2D eigenvalue weighted by Crippen LogP contribution is -2.34. The minimum Gasteiger partial charge on any atom is -0.481 e. The topological polar surface area (TPSA) is 101 Å². The van der Waals surface area contributed by atoms with Gasteiger partial charge in [-0.05, 0) is 18.9 Å². The summed E-state index contributed by atoms with van der Waals surface area (Å²) in [5, 5.41) is 19.2. The Hall–Kier alpha value is -1.96. The van der Waals surface area contributed by atoms with Crippen molar-refractivity contribution in [2.24, 2.45) is 0 Å². The van der Waals surface area contributed by atoms with Crippen LogP contribution in [0.5, 0.6) is 0 Å². The highest BCUT2D eigenvalue weighted by Gasteiger charge is 2.34. The fraction of sp³-hybridized carbons (Fsp3) is 0.455. The molecule has 0 unspecified atom stereocenters. The fourth-order valence-electron chi connectivity index (χ4n) is 1.73. The van der Waals surface area contributed by atoms with Crippen molar-refractivity contribution < 1.29 is 19.6 Å². The number of nitrogens with zero attached hydrogens (tertiary/aromatic N) is 2. The van der Waals surface area contributed by atoms with Crippen LogP contribution in [-0.4, -0.2) is 39.4 Å². The number of carboxylic acids is 1. The number of thiophene rings is 1. The number of amides is 1. The summed E-state index contributed by atoms with van der Waals surface area (Å²) in [5.74, 6) is -1.28. The Labute approximate surface area is 112 Å². The van der Waals surface area contributed by atoms with E-state index in [0.717, 1.165) is 24.2 Å². The van der Waals surface area contributed by atoms with Gasteiger partial charge in [-0.25, -0.2) is 0 Å². The third-order valence-electron chi connectivity index (χ3n) is 2.80. The first-order valence-corrected chi connectivity index (χ1v) is 6.57. The van der Waals surface area contributed by atoms with Crippen LogP contribution in [0.25, 0.3) is 0 Å². The van der Waals surface area contributed by atoms with E-state index in [-0.39, 0.29) is 34.8 Å². The number of aliphatic carboxylic acids is 1. The minimum atomic E-state index is -0.962. The van der Waals surface area contributed by atoms with Gasteiger partial charge >= 0.3 is 11.0 Å². The van der Waals surface area contributed by atoms with E-state index >= 15 is 0 Å². The molecule has 1 heterocycles. The Morgan fingerprint density at radius 3 is 2.63 bits per heavy atom. The maximum Gasteiger partial charge on any atom is 0.324 e. The molecule has 0 aliphatic heterocycles. The molecule has 102 valence electrons. The van der Waals surface area contributed by atoms with Gasteiger partial charge in [0.2, 0.25) is 0 Å². The van der Waals surface area contributed by atoms with Gasteiger partial charge in [0.1, 0.15) is 0 Å². The number of hydrogen-bond acceptors (Lipinski definition) is 5. The summed E-state index contributed by atoms with van der Waals surface area (Å²) in [5.41, 5.74) is 0. The van der Waals surface area contributed by atoms with Crippen molar-refractivity contribution in [1.82, 2.24) is 4.90 Å².